The second-order valence-electron chi connectivity index (χ2n) is 5.97. The summed E-state index contributed by atoms with van der Waals surface area (Å²) in [6, 6.07) is 11.7. The molecule has 1 aromatic carbocycles. The molecule has 0 N–H and O–H groups in total. The van der Waals surface area contributed by atoms with Gasteiger partial charge in [-0.3, -0.25) is 4.79 Å². The number of rotatable bonds is 3. The summed E-state index contributed by atoms with van der Waals surface area (Å²) in [5, 5.41) is 0. The lowest BCUT2D eigenvalue weighted by molar-refractivity contribution is -0.120. The fourth-order valence-corrected chi connectivity index (χ4v) is 3.47. The smallest absolute Gasteiger partial charge is 0.250 e. The molecular formula is C18H19N3O2. The first kappa shape index (κ1) is 14.1. The first-order valence-corrected chi connectivity index (χ1v) is 7.94. The number of nitrogens with zero attached hydrogens (tertiary/aromatic N) is 3. The molecule has 2 aliphatic heterocycles. The van der Waals surface area contributed by atoms with Crippen LogP contribution >= 0.6 is 0 Å². The Labute approximate surface area is 135 Å². The van der Waals surface area contributed by atoms with Gasteiger partial charge in [-0.05, 0) is 42.7 Å². The topological polar surface area (TPSA) is 45.7 Å². The van der Waals surface area contributed by atoms with E-state index in [0.717, 1.165) is 42.2 Å². The van der Waals surface area contributed by atoms with Crippen LogP contribution in [0.5, 0.6) is 5.75 Å². The van der Waals surface area contributed by atoms with E-state index in [-0.39, 0.29) is 11.9 Å². The van der Waals surface area contributed by atoms with E-state index in [0.29, 0.717) is 6.54 Å². The monoisotopic (exact) mass is 309 g/mol. The van der Waals surface area contributed by atoms with Crippen molar-refractivity contribution in [1.82, 2.24) is 4.98 Å². The second-order valence-corrected chi connectivity index (χ2v) is 5.97. The number of carbonyl (C=O) groups is 1. The Kier molecular flexibility index (Phi) is 3.41. The average molecular weight is 309 g/mol. The molecule has 1 saturated heterocycles. The maximum atomic E-state index is 12.9. The van der Waals surface area contributed by atoms with Gasteiger partial charge in [0.2, 0.25) is 5.91 Å². The molecular weight excluding hydrogens is 290 g/mol. The average Bonchev–Trinajstić information content (AvgIpc) is 3.09. The van der Waals surface area contributed by atoms with Crippen LogP contribution in [0.3, 0.4) is 0 Å². The summed E-state index contributed by atoms with van der Waals surface area (Å²) < 4.78 is 5.20. The van der Waals surface area contributed by atoms with Crippen LogP contribution in [0.25, 0.3) is 0 Å². The standard InChI is InChI=1S/C18H19N3O2/c1-23-14-8-6-13(7-9-14)12-21-15-4-2-10-19-17(15)20-11-3-5-16(20)18(21)22/h2,4,6-10,16H,3,5,11-12H2,1H3/t16-/m1/s1. The van der Waals surface area contributed by atoms with E-state index in [1.807, 2.05) is 41.3 Å². The lowest BCUT2D eigenvalue weighted by Gasteiger charge is -2.38. The lowest BCUT2D eigenvalue weighted by atomic mass is 10.1. The molecule has 1 atom stereocenters. The lowest BCUT2D eigenvalue weighted by Crippen LogP contribution is -2.50. The molecule has 23 heavy (non-hydrogen) atoms. The third kappa shape index (κ3) is 2.32. The summed E-state index contributed by atoms with van der Waals surface area (Å²) in [4.78, 5) is 21.5. The van der Waals surface area contributed by atoms with E-state index in [2.05, 4.69) is 9.88 Å². The van der Waals surface area contributed by atoms with Crippen LogP contribution < -0.4 is 14.5 Å². The van der Waals surface area contributed by atoms with Crippen molar-refractivity contribution in [2.75, 3.05) is 23.5 Å². The highest BCUT2D eigenvalue weighted by atomic mass is 16.5. The SMILES string of the molecule is COc1ccc(CN2C(=O)[C@H]3CCCN3c3ncccc32)cc1. The predicted molar refractivity (Wildman–Crippen MR) is 88.8 cm³/mol. The number of benzene rings is 1. The van der Waals surface area contributed by atoms with E-state index in [4.69, 9.17) is 4.74 Å². The molecule has 5 heteroatoms. The first-order chi connectivity index (χ1) is 11.3. The minimum atomic E-state index is -0.0596. The molecule has 5 nitrogen and oxygen atoms in total. The zero-order valence-electron chi connectivity index (χ0n) is 13.1. The van der Waals surface area contributed by atoms with Crippen LogP contribution in [0.15, 0.2) is 42.6 Å². The van der Waals surface area contributed by atoms with Crippen molar-refractivity contribution in [2.45, 2.75) is 25.4 Å². The Morgan fingerprint density at radius 2 is 2.09 bits per heavy atom. The third-order valence-corrected chi connectivity index (χ3v) is 4.63. The van der Waals surface area contributed by atoms with Crippen molar-refractivity contribution < 1.29 is 9.53 Å². The molecule has 4 rings (SSSR count). The molecule has 0 spiro atoms. The molecule has 118 valence electrons. The Balaban J connectivity index is 1.69. The maximum Gasteiger partial charge on any atom is 0.250 e. The number of ether oxygens (including phenoxy) is 1. The Hall–Kier alpha value is -2.56. The Morgan fingerprint density at radius 1 is 1.26 bits per heavy atom. The molecule has 3 heterocycles. The molecule has 1 amide bonds. The first-order valence-electron chi connectivity index (χ1n) is 7.94. The number of aromatic nitrogens is 1. The summed E-state index contributed by atoms with van der Waals surface area (Å²) in [5.74, 6) is 1.93. The highest BCUT2D eigenvalue weighted by Gasteiger charge is 2.41. The van der Waals surface area contributed by atoms with E-state index < -0.39 is 0 Å². The van der Waals surface area contributed by atoms with Gasteiger partial charge in [-0.25, -0.2) is 4.98 Å². The predicted octanol–water partition coefficient (Wildman–Crippen LogP) is 2.61. The largest absolute Gasteiger partial charge is 0.497 e. The molecule has 1 aromatic heterocycles. The van der Waals surface area contributed by atoms with Gasteiger partial charge in [0.05, 0.1) is 19.3 Å². The number of carbonyl (C=O) groups excluding carboxylic acids is 1. The van der Waals surface area contributed by atoms with Crippen LogP contribution in [0.2, 0.25) is 0 Å². The minimum absolute atomic E-state index is 0.0596. The zero-order chi connectivity index (χ0) is 15.8. The van der Waals surface area contributed by atoms with Crippen molar-refractivity contribution in [2.24, 2.45) is 0 Å². The number of methoxy groups -OCH3 is 1. The normalized spacial score (nSPS) is 19.5. The zero-order valence-corrected chi connectivity index (χ0v) is 13.1. The van der Waals surface area contributed by atoms with Crippen molar-refractivity contribution in [3.8, 4) is 5.75 Å². The van der Waals surface area contributed by atoms with Crippen molar-refractivity contribution in [3.63, 3.8) is 0 Å². The van der Waals surface area contributed by atoms with Gasteiger partial charge in [-0.2, -0.15) is 0 Å². The molecule has 2 aliphatic rings. The second kappa shape index (κ2) is 5.57. The van der Waals surface area contributed by atoms with Gasteiger partial charge in [0.25, 0.3) is 0 Å². The van der Waals surface area contributed by atoms with Crippen LogP contribution in [0.4, 0.5) is 11.5 Å². The highest BCUT2D eigenvalue weighted by molar-refractivity contribution is 6.05. The Morgan fingerprint density at radius 3 is 2.87 bits per heavy atom. The number of amides is 1. The van der Waals surface area contributed by atoms with Gasteiger partial charge in [0, 0.05) is 12.7 Å². The fraction of sp³-hybridized carbons (Fsp3) is 0.333. The van der Waals surface area contributed by atoms with Crippen LogP contribution in [0, 0.1) is 0 Å². The van der Waals surface area contributed by atoms with E-state index in [9.17, 15) is 4.79 Å². The summed E-state index contributed by atoms with van der Waals surface area (Å²) in [6.07, 6.45) is 3.76. The summed E-state index contributed by atoms with van der Waals surface area (Å²) >= 11 is 0. The van der Waals surface area contributed by atoms with Crippen molar-refractivity contribution in [3.05, 3.63) is 48.2 Å². The Bertz CT molecular complexity index is 729. The van der Waals surface area contributed by atoms with Gasteiger partial charge in [-0.15, -0.1) is 0 Å². The number of fused-ring (bicyclic) bond motifs is 3. The third-order valence-electron chi connectivity index (χ3n) is 4.63. The summed E-state index contributed by atoms with van der Waals surface area (Å²) in [7, 11) is 1.65. The number of pyridine rings is 1. The van der Waals surface area contributed by atoms with E-state index in [1.54, 1.807) is 13.3 Å². The van der Waals surface area contributed by atoms with Crippen molar-refractivity contribution in [1.29, 1.82) is 0 Å². The maximum absolute atomic E-state index is 12.9. The molecule has 0 aliphatic carbocycles. The van der Waals surface area contributed by atoms with Crippen LogP contribution in [-0.4, -0.2) is 30.6 Å². The molecule has 0 bridgehead atoms. The van der Waals surface area contributed by atoms with E-state index in [1.165, 1.54) is 0 Å². The van der Waals surface area contributed by atoms with Crippen LogP contribution in [-0.2, 0) is 11.3 Å². The summed E-state index contributed by atoms with van der Waals surface area (Å²) in [6.45, 7) is 1.47. The quantitative estimate of drug-likeness (QED) is 0.874. The van der Waals surface area contributed by atoms with Gasteiger partial charge < -0.3 is 14.5 Å². The van der Waals surface area contributed by atoms with Gasteiger partial charge >= 0.3 is 0 Å². The van der Waals surface area contributed by atoms with Gasteiger partial charge in [0.1, 0.15) is 11.8 Å². The molecule has 2 aromatic rings. The number of hydrogen-bond acceptors (Lipinski definition) is 4. The number of anilines is 2. The summed E-state index contributed by atoms with van der Waals surface area (Å²) in [5.41, 5.74) is 1.99. The van der Waals surface area contributed by atoms with Crippen molar-refractivity contribution >= 4 is 17.4 Å². The minimum Gasteiger partial charge on any atom is -0.497 e. The highest BCUT2D eigenvalue weighted by Crippen LogP contribution is 2.38. The fourth-order valence-electron chi connectivity index (χ4n) is 3.47. The van der Waals surface area contributed by atoms with E-state index >= 15 is 0 Å². The molecule has 1 fully saturated rings. The van der Waals surface area contributed by atoms with Gasteiger partial charge in [-0.1, -0.05) is 12.1 Å². The number of hydrogen-bond donors (Lipinski definition) is 0. The molecule has 0 unspecified atom stereocenters. The molecule has 0 saturated carbocycles. The van der Waals surface area contributed by atoms with Gasteiger partial charge in [0.15, 0.2) is 5.82 Å². The molecule has 0 radical (unpaired) electrons. The van der Waals surface area contributed by atoms with Crippen LogP contribution in [0.1, 0.15) is 18.4 Å².